The second-order valence-electron chi connectivity index (χ2n) is 7.06. The van der Waals surface area contributed by atoms with Crippen LogP contribution in [-0.4, -0.2) is 44.7 Å². The second kappa shape index (κ2) is 7.67. The Labute approximate surface area is 140 Å². The second-order valence-corrected chi connectivity index (χ2v) is 7.06. The van der Waals surface area contributed by atoms with Gasteiger partial charge in [0.25, 0.3) is 0 Å². The number of piperidine rings is 1. The van der Waals surface area contributed by atoms with E-state index in [1.165, 1.54) is 57.5 Å². The summed E-state index contributed by atoms with van der Waals surface area (Å²) in [6.07, 6.45) is 3.90. The van der Waals surface area contributed by atoms with Crippen LogP contribution in [0.3, 0.4) is 0 Å². The fraction of sp³-hybridized carbons (Fsp3) is 0.667. The minimum Gasteiger partial charge on any atom is -0.497 e. The Bertz CT molecular complexity index is 449. The van der Waals surface area contributed by atoms with Gasteiger partial charge in [-0.2, -0.15) is 0 Å². The number of ether oxygens (including phenoxy) is 1. The molecule has 2 aliphatic rings. The maximum atomic E-state index is 5.24. The van der Waals surface area contributed by atoms with E-state index in [2.05, 4.69) is 41.4 Å². The highest BCUT2D eigenvalue weighted by Crippen LogP contribution is 2.32. The summed E-state index contributed by atoms with van der Waals surface area (Å²) in [4.78, 5) is 2.67. The van der Waals surface area contributed by atoms with Gasteiger partial charge in [0.1, 0.15) is 5.75 Å². The summed E-state index contributed by atoms with van der Waals surface area (Å²) in [7, 11) is 1.73. The van der Waals surface area contributed by atoms with Crippen LogP contribution in [-0.2, 0) is 0 Å². The average molecular weight is 325 g/mol. The number of hydrogen-bond donors (Lipinski definition) is 1. The highest BCUT2D eigenvalue weighted by atomic mass is 35.5. The summed E-state index contributed by atoms with van der Waals surface area (Å²) in [6, 6.07) is 8.66. The molecule has 22 heavy (non-hydrogen) atoms. The summed E-state index contributed by atoms with van der Waals surface area (Å²) in [5.74, 6) is 1.68. The minimum absolute atomic E-state index is 0. The van der Waals surface area contributed by atoms with E-state index in [1.54, 1.807) is 7.11 Å². The van der Waals surface area contributed by atoms with Crippen molar-refractivity contribution in [2.24, 2.45) is 5.41 Å². The van der Waals surface area contributed by atoms with Gasteiger partial charge in [-0.15, -0.1) is 12.4 Å². The third-order valence-corrected chi connectivity index (χ3v) is 5.24. The van der Waals surface area contributed by atoms with Crippen LogP contribution in [0.1, 0.15) is 37.7 Å². The number of nitrogens with one attached hydrogen (secondary N) is 1. The summed E-state index contributed by atoms with van der Waals surface area (Å²) >= 11 is 0. The monoisotopic (exact) mass is 324 g/mol. The van der Waals surface area contributed by atoms with Crippen molar-refractivity contribution in [3.05, 3.63) is 29.8 Å². The summed E-state index contributed by atoms with van der Waals surface area (Å²) in [6.45, 7) is 8.56. The molecule has 124 valence electrons. The quantitative estimate of drug-likeness (QED) is 0.919. The first-order chi connectivity index (χ1) is 10.2. The molecule has 2 aliphatic heterocycles. The van der Waals surface area contributed by atoms with E-state index < -0.39 is 0 Å². The van der Waals surface area contributed by atoms with E-state index in [4.69, 9.17) is 4.74 Å². The molecular weight excluding hydrogens is 296 g/mol. The Hall–Kier alpha value is -0.770. The Morgan fingerprint density at radius 2 is 1.91 bits per heavy atom. The average Bonchev–Trinajstić information content (AvgIpc) is 2.94. The molecule has 1 aromatic carbocycles. The van der Waals surface area contributed by atoms with E-state index in [1.807, 2.05) is 0 Å². The predicted molar refractivity (Wildman–Crippen MR) is 94.3 cm³/mol. The Kier molecular flexibility index (Phi) is 6.13. The number of nitrogens with zero attached hydrogens (tertiary/aromatic N) is 1. The van der Waals surface area contributed by atoms with E-state index in [0.29, 0.717) is 5.41 Å². The lowest BCUT2D eigenvalue weighted by Gasteiger charge is -2.37. The third kappa shape index (κ3) is 4.15. The van der Waals surface area contributed by atoms with Crippen molar-refractivity contribution in [2.45, 2.75) is 32.1 Å². The maximum absolute atomic E-state index is 5.24. The molecule has 1 atom stereocenters. The van der Waals surface area contributed by atoms with Crippen LogP contribution in [0.2, 0.25) is 0 Å². The van der Waals surface area contributed by atoms with Gasteiger partial charge in [0.15, 0.2) is 0 Å². The summed E-state index contributed by atoms with van der Waals surface area (Å²) in [5, 5.41) is 3.51. The van der Waals surface area contributed by atoms with Crippen molar-refractivity contribution >= 4 is 12.4 Å². The molecule has 0 radical (unpaired) electrons. The lowest BCUT2D eigenvalue weighted by atomic mass is 9.86. The van der Waals surface area contributed by atoms with Crippen LogP contribution in [0.25, 0.3) is 0 Å². The van der Waals surface area contributed by atoms with Crippen LogP contribution < -0.4 is 10.1 Å². The minimum atomic E-state index is 0. The molecule has 0 aliphatic carbocycles. The topological polar surface area (TPSA) is 24.5 Å². The van der Waals surface area contributed by atoms with E-state index in [0.717, 1.165) is 11.7 Å². The maximum Gasteiger partial charge on any atom is 0.118 e. The van der Waals surface area contributed by atoms with Gasteiger partial charge in [-0.3, -0.25) is 0 Å². The SMILES string of the molecule is COc1ccc(C2CCN(CC3(C)CCNC3)CC2)cc1.Cl. The standard InChI is InChI=1S/C18H28N2O.ClH/c1-18(9-10-19-13-18)14-20-11-7-16(8-12-20)15-3-5-17(21-2)6-4-15;/h3-6,16,19H,7-14H2,1-2H3;1H. The molecule has 0 aromatic heterocycles. The molecule has 3 rings (SSSR count). The van der Waals surface area contributed by atoms with Crippen molar-refractivity contribution in [2.75, 3.05) is 39.8 Å². The van der Waals surface area contributed by atoms with Crippen LogP contribution in [0.15, 0.2) is 24.3 Å². The first-order valence-corrected chi connectivity index (χ1v) is 8.26. The van der Waals surface area contributed by atoms with Gasteiger partial charge >= 0.3 is 0 Å². The van der Waals surface area contributed by atoms with Crippen molar-refractivity contribution in [3.63, 3.8) is 0 Å². The Balaban J connectivity index is 0.00000176. The van der Waals surface area contributed by atoms with Gasteiger partial charge in [0.05, 0.1) is 7.11 Å². The fourth-order valence-electron chi connectivity index (χ4n) is 3.84. The molecule has 0 spiro atoms. The lowest BCUT2D eigenvalue weighted by molar-refractivity contribution is 0.144. The largest absolute Gasteiger partial charge is 0.497 e. The van der Waals surface area contributed by atoms with Crippen LogP contribution >= 0.6 is 12.4 Å². The Morgan fingerprint density at radius 1 is 1.23 bits per heavy atom. The molecular formula is C18H29ClN2O. The molecule has 3 nitrogen and oxygen atoms in total. The number of halogens is 1. The van der Waals surface area contributed by atoms with Crippen LogP contribution in [0.4, 0.5) is 0 Å². The first-order valence-electron chi connectivity index (χ1n) is 8.26. The normalized spacial score (nSPS) is 26.6. The van der Waals surface area contributed by atoms with Crippen molar-refractivity contribution < 1.29 is 4.74 Å². The van der Waals surface area contributed by atoms with Gasteiger partial charge in [-0.25, -0.2) is 0 Å². The molecule has 2 saturated heterocycles. The van der Waals surface area contributed by atoms with Crippen LogP contribution in [0, 0.1) is 5.41 Å². The van der Waals surface area contributed by atoms with Crippen molar-refractivity contribution in [1.82, 2.24) is 10.2 Å². The van der Waals surface area contributed by atoms with Crippen LogP contribution in [0.5, 0.6) is 5.75 Å². The highest BCUT2D eigenvalue weighted by Gasteiger charge is 2.32. The molecule has 0 saturated carbocycles. The molecule has 0 bridgehead atoms. The van der Waals surface area contributed by atoms with Gasteiger partial charge in [0.2, 0.25) is 0 Å². The molecule has 1 aromatic rings. The van der Waals surface area contributed by atoms with Gasteiger partial charge in [0, 0.05) is 13.1 Å². The third-order valence-electron chi connectivity index (χ3n) is 5.24. The van der Waals surface area contributed by atoms with Gasteiger partial charge < -0.3 is 15.0 Å². The molecule has 0 amide bonds. The number of methoxy groups -OCH3 is 1. The van der Waals surface area contributed by atoms with Crippen molar-refractivity contribution in [1.29, 1.82) is 0 Å². The summed E-state index contributed by atoms with van der Waals surface area (Å²) < 4.78 is 5.24. The zero-order valence-corrected chi connectivity index (χ0v) is 14.6. The molecule has 4 heteroatoms. The van der Waals surface area contributed by atoms with Gasteiger partial charge in [-0.05, 0) is 67.9 Å². The van der Waals surface area contributed by atoms with E-state index in [-0.39, 0.29) is 12.4 Å². The van der Waals surface area contributed by atoms with E-state index in [9.17, 15) is 0 Å². The molecule has 1 unspecified atom stereocenters. The zero-order chi connectivity index (χ0) is 14.7. The number of hydrogen-bond acceptors (Lipinski definition) is 3. The molecule has 2 fully saturated rings. The summed E-state index contributed by atoms with van der Waals surface area (Å²) in [5.41, 5.74) is 1.97. The number of rotatable bonds is 4. The van der Waals surface area contributed by atoms with Crippen molar-refractivity contribution in [3.8, 4) is 5.75 Å². The zero-order valence-electron chi connectivity index (χ0n) is 13.8. The number of benzene rings is 1. The first kappa shape index (κ1) is 17.6. The van der Waals surface area contributed by atoms with E-state index >= 15 is 0 Å². The predicted octanol–water partition coefficient (Wildman–Crippen LogP) is 3.30. The highest BCUT2D eigenvalue weighted by molar-refractivity contribution is 5.85. The van der Waals surface area contributed by atoms with Gasteiger partial charge in [-0.1, -0.05) is 19.1 Å². The Morgan fingerprint density at radius 3 is 2.45 bits per heavy atom. The molecule has 2 heterocycles. The molecule has 1 N–H and O–H groups in total. The fourth-order valence-corrected chi connectivity index (χ4v) is 3.84. The number of likely N-dealkylation sites (tertiary alicyclic amines) is 1. The smallest absolute Gasteiger partial charge is 0.118 e. The lowest BCUT2D eigenvalue weighted by Crippen LogP contribution is -2.41.